The van der Waals surface area contributed by atoms with Gasteiger partial charge in [-0.2, -0.15) is 0 Å². The Labute approximate surface area is 73.0 Å². The molecule has 2 nitrogen and oxygen atoms in total. The summed E-state index contributed by atoms with van der Waals surface area (Å²) in [6.07, 6.45) is 4.15. The van der Waals surface area contributed by atoms with Crippen LogP contribution in [0.5, 0.6) is 0 Å². The highest BCUT2D eigenvalue weighted by atomic mass is 32.1. The molecular formula is C8H15NOS. The van der Waals surface area contributed by atoms with Crippen molar-refractivity contribution in [2.75, 3.05) is 7.05 Å². The number of hydrogen-bond donors (Lipinski definition) is 2. The van der Waals surface area contributed by atoms with E-state index in [4.69, 9.17) is 0 Å². The number of thiol groups is 1. The van der Waals surface area contributed by atoms with Crippen LogP contribution in [-0.2, 0) is 0 Å². The van der Waals surface area contributed by atoms with Crippen molar-refractivity contribution < 1.29 is 5.11 Å². The minimum atomic E-state index is -0.682. The number of aliphatic hydroxyl groups is 1. The van der Waals surface area contributed by atoms with Crippen LogP contribution in [0.2, 0.25) is 0 Å². The predicted octanol–water partition coefficient (Wildman–Crippen LogP) is 0.861. The van der Waals surface area contributed by atoms with Crippen LogP contribution in [0.4, 0.5) is 0 Å². The summed E-state index contributed by atoms with van der Waals surface area (Å²) < 4.78 is 0. The van der Waals surface area contributed by atoms with Crippen molar-refractivity contribution in [3.8, 4) is 0 Å². The second kappa shape index (κ2) is 2.38. The lowest BCUT2D eigenvalue weighted by Crippen LogP contribution is -2.46. The molecule has 3 atom stereocenters. The minimum Gasteiger partial charge on any atom is -0.380 e. The second-order valence-electron chi connectivity index (χ2n) is 3.94. The molecule has 11 heavy (non-hydrogen) atoms. The molecule has 3 heteroatoms. The van der Waals surface area contributed by atoms with Gasteiger partial charge in [-0.25, -0.2) is 0 Å². The van der Waals surface area contributed by atoms with Crippen LogP contribution >= 0.6 is 12.6 Å². The Balaban J connectivity index is 2.14. The van der Waals surface area contributed by atoms with Crippen LogP contribution in [0.3, 0.4) is 0 Å². The van der Waals surface area contributed by atoms with Gasteiger partial charge in [-0.3, -0.25) is 0 Å². The normalized spacial score (nSPS) is 51.5. The molecule has 1 unspecified atom stereocenters. The molecule has 0 radical (unpaired) electrons. The molecule has 0 saturated carbocycles. The third-order valence-electron chi connectivity index (χ3n) is 3.11. The van der Waals surface area contributed by atoms with Crippen LogP contribution in [0, 0.1) is 0 Å². The van der Waals surface area contributed by atoms with Gasteiger partial charge >= 0.3 is 0 Å². The maximum Gasteiger partial charge on any atom is 0.110 e. The maximum atomic E-state index is 9.71. The number of piperidine rings is 1. The molecule has 0 spiro atoms. The summed E-state index contributed by atoms with van der Waals surface area (Å²) in [6.45, 7) is 0. The van der Waals surface area contributed by atoms with E-state index < -0.39 is 4.93 Å². The Bertz CT molecular complexity index is 155. The molecule has 0 aromatic carbocycles. The van der Waals surface area contributed by atoms with Gasteiger partial charge in [-0.1, -0.05) is 0 Å². The molecule has 0 aromatic rings. The molecule has 2 heterocycles. The van der Waals surface area contributed by atoms with E-state index >= 15 is 0 Å². The molecule has 0 amide bonds. The van der Waals surface area contributed by atoms with Crippen molar-refractivity contribution in [2.45, 2.75) is 42.7 Å². The van der Waals surface area contributed by atoms with E-state index in [9.17, 15) is 5.11 Å². The smallest absolute Gasteiger partial charge is 0.110 e. The van der Waals surface area contributed by atoms with Crippen molar-refractivity contribution in [3.05, 3.63) is 0 Å². The summed E-state index contributed by atoms with van der Waals surface area (Å²) in [5, 5.41) is 9.71. The van der Waals surface area contributed by atoms with Crippen LogP contribution in [-0.4, -0.2) is 34.1 Å². The van der Waals surface area contributed by atoms with Crippen molar-refractivity contribution in [2.24, 2.45) is 0 Å². The van der Waals surface area contributed by atoms with E-state index in [0.29, 0.717) is 12.1 Å². The van der Waals surface area contributed by atoms with Gasteiger partial charge in [-0.05, 0) is 19.9 Å². The lowest BCUT2D eigenvalue weighted by Gasteiger charge is -2.39. The fraction of sp³-hybridized carbons (Fsp3) is 1.00. The van der Waals surface area contributed by atoms with Gasteiger partial charge in [0.25, 0.3) is 0 Å². The minimum absolute atomic E-state index is 0.580. The highest BCUT2D eigenvalue weighted by molar-refractivity contribution is 7.81. The zero-order valence-electron chi connectivity index (χ0n) is 6.82. The van der Waals surface area contributed by atoms with Gasteiger partial charge in [0, 0.05) is 24.9 Å². The Morgan fingerprint density at radius 1 is 1.36 bits per heavy atom. The first-order valence-electron chi connectivity index (χ1n) is 4.25. The monoisotopic (exact) mass is 173 g/mol. The van der Waals surface area contributed by atoms with Crippen molar-refractivity contribution in [3.63, 3.8) is 0 Å². The molecule has 2 aliphatic heterocycles. The largest absolute Gasteiger partial charge is 0.380 e. The van der Waals surface area contributed by atoms with Gasteiger partial charge < -0.3 is 10.0 Å². The summed E-state index contributed by atoms with van der Waals surface area (Å²) in [5.74, 6) is 0. The summed E-state index contributed by atoms with van der Waals surface area (Å²) >= 11 is 4.25. The van der Waals surface area contributed by atoms with E-state index in [1.807, 2.05) is 0 Å². The first-order chi connectivity index (χ1) is 5.08. The summed E-state index contributed by atoms with van der Waals surface area (Å²) in [6, 6.07) is 1.16. The molecule has 0 aromatic heterocycles. The first-order valence-corrected chi connectivity index (χ1v) is 4.70. The molecule has 2 aliphatic rings. The van der Waals surface area contributed by atoms with Crippen LogP contribution < -0.4 is 0 Å². The van der Waals surface area contributed by atoms with Gasteiger partial charge in [0.2, 0.25) is 0 Å². The molecule has 0 aliphatic carbocycles. The molecule has 2 fully saturated rings. The van der Waals surface area contributed by atoms with E-state index in [0.717, 1.165) is 12.8 Å². The zero-order valence-corrected chi connectivity index (χ0v) is 7.72. The molecule has 2 bridgehead atoms. The molecule has 1 N–H and O–H groups in total. The van der Waals surface area contributed by atoms with E-state index in [1.54, 1.807) is 0 Å². The fourth-order valence-corrected chi connectivity index (χ4v) is 2.84. The van der Waals surface area contributed by atoms with Crippen molar-refractivity contribution >= 4 is 12.6 Å². The van der Waals surface area contributed by atoms with Gasteiger partial charge in [0.1, 0.15) is 4.93 Å². The lowest BCUT2D eigenvalue weighted by molar-refractivity contribution is 0.0264. The maximum absolute atomic E-state index is 9.71. The van der Waals surface area contributed by atoms with Crippen molar-refractivity contribution in [1.29, 1.82) is 0 Å². The third kappa shape index (κ3) is 1.30. The second-order valence-corrected chi connectivity index (χ2v) is 4.77. The number of nitrogens with zero attached hydrogens (tertiary/aromatic N) is 1. The Morgan fingerprint density at radius 3 is 2.27 bits per heavy atom. The summed E-state index contributed by atoms with van der Waals surface area (Å²) in [5.41, 5.74) is 0. The summed E-state index contributed by atoms with van der Waals surface area (Å²) in [7, 11) is 2.16. The van der Waals surface area contributed by atoms with E-state index in [2.05, 4.69) is 24.6 Å². The SMILES string of the molecule is CN1[C@@H]2CC[C@H]1CC(O)(S)C2. The van der Waals surface area contributed by atoms with Gasteiger partial charge in [-0.15, -0.1) is 12.6 Å². The summed E-state index contributed by atoms with van der Waals surface area (Å²) in [4.78, 5) is 1.71. The highest BCUT2D eigenvalue weighted by Gasteiger charge is 2.43. The fourth-order valence-electron chi connectivity index (χ4n) is 2.42. The molecular weight excluding hydrogens is 158 g/mol. The molecule has 2 saturated heterocycles. The standard InChI is InChI=1S/C8H15NOS/c1-9-6-2-3-7(9)5-8(10,11)4-6/h6-7,10-11H,2-5H2,1H3/t6-,7+,8?. The average Bonchev–Trinajstić information content (AvgIpc) is 2.19. The third-order valence-corrected chi connectivity index (χ3v) is 3.48. The highest BCUT2D eigenvalue weighted by Crippen LogP contribution is 2.41. The average molecular weight is 173 g/mol. The van der Waals surface area contributed by atoms with Crippen LogP contribution in [0.15, 0.2) is 0 Å². The number of hydrogen-bond acceptors (Lipinski definition) is 3. The molecule has 2 rings (SSSR count). The van der Waals surface area contributed by atoms with Gasteiger partial charge in [0.15, 0.2) is 0 Å². The number of fused-ring (bicyclic) bond motifs is 2. The first kappa shape index (κ1) is 7.90. The lowest BCUT2D eigenvalue weighted by atomic mass is 10.0. The van der Waals surface area contributed by atoms with E-state index in [1.165, 1.54) is 12.8 Å². The quantitative estimate of drug-likeness (QED) is 0.419. The zero-order chi connectivity index (χ0) is 8.06. The van der Waals surface area contributed by atoms with Crippen LogP contribution in [0.25, 0.3) is 0 Å². The Kier molecular flexibility index (Phi) is 1.71. The van der Waals surface area contributed by atoms with Crippen LogP contribution in [0.1, 0.15) is 25.7 Å². The van der Waals surface area contributed by atoms with E-state index in [-0.39, 0.29) is 0 Å². The predicted molar refractivity (Wildman–Crippen MR) is 47.7 cm³/mol. The Morgan fingerprint density at radius 2 is 1.82 bits per heavy atom. The topological polar surface area (TPSA) is 23.5 Å². The molecule has 64 valence electrons. The number of rotatable bonds is 0. The van der Waals surface area contributed by atoms with Gasteiger partial charge in [0.05, 0.1) is 0 Å². The Hall–Kier alpha value is 0.270. The van der Waals surface area contributed by atoms with Crippen molar-refractivity contribution in [1.82, 2.24) is 4.90 Å².